The largest absolute Gasteiger partial charge is 0.493 e. The lowest BCUT2D eigenvalue weighted by atomic mass is 10.1. The zero-order chi connectivity index (χ0) is 23.9. The van der Waals surface area contributed by atoms with E-state index in [1.165, 1.54) is 11.8 Å². The molecule has 0 spiro atoms. The molecule has 0 N–H and O–H groups in total. The first kappa shape index (κ1) is 24.1. The van der Waals surface area contributed by atoms with Crippen LogP contribution in [0.1, 0.15) is 12.0 Å². The number of para-hydroxylation sites is 3. The fraction of sp³-hybridized carbons (Fsp3) is 0.154. The van der Waals surface area contributed by atoms with Gasteiger partial charge in [-0.2, -0.15) is 0 Å². The molecule has 1 fully saturated rings. The lowest BCUT2D eigenvalue weighted by Gasteiger charge is -2.15. The van der Waals surface area contributed by atoms with Crippen LogP contribution in [-0.2, 0) is 4.79 Å². The molecule has 1 aliphatic heterocycles. The minimum absolute atomic E-state index is 0.164. The average Bonchev–Trinajstić information content (AvgIpc) is 3.13. The van der Waals surface area contributed by atoms with Crippen molar-refractivity contribution >= 4 is 57.6 Å². The molecule has 1 aliphatic rings. The Morgan fingerprint density at radius 3 is 2.41 bits per heavy atom. The normalized spacial score (nSPS) is 14.5. The van der Waals surface area contributed by atoms with Crippen molar-refractivity contribution in [2.75, 3.05) is 25.2 Å². The van der Waals surface area contributed by atoms with Crippen LogP contribution in [0.5, 0.6) is 17.2 Å². The lowest BCUT2D eigenvalue weighted by Crippen LogP contribution is -2.27. The molecular weight excluding hydrogens is 490 g/mol. The molecule has 1 amide bonds. The second-order valence-corrected chi connectivity index (χ2v) is 9.30. The van der Waals surface area contributed by atoms with E-state index in [1.54, 1.807) is 24.2 Å². The summed E-state index contributed by atoms with van der Waals surface area (Å²) in [4.78, 5) is 15.2. The number of hydrogen-bond acceptors (Lipinski definition) is 6. The first-order chi connectivity index (χ1) is 16.6. The molecule has 4 rings (SSSR count). The number of hydrogen-bond donors (Lipinski definition) is 0. The Kier molecular flexibility index (Phi) is 8.11. The Labute approximate surface area is 213 Å². The van der Waals surface area contributed by atoms with Gasteiger partial charge in [-0.1, -0.05) is 78.0 Å². The third kappa shape index (κ3) is 5.55. The van der Waals surface area contributed by atoms with E-state index in [0.717, 1.165) is 11.3 Å². The number of amides is 1. The van der Waals surface area contributed by atoms with Crippen molar-refractivity contribution in [1.29, 1.82) is 0 Å². The second kappa shape index (κ2) is 11.4. The fourth-order valence-corrected chi connectivity index (χ4v) is 4.83. The fourth-order valence-electron chi connectivity index (χ4n) is 3.35. The second-order valence-electron chi connectivity index (χ2n) is 7.21. The Hall–Kier alpha value is -3.00. The van der Waals surface area contributed by atoms with Crippen LogP contribution in [0.25, 0.3) is 6.08 Å². The first-order valence-corrected chi connectivity index (χ1v) is 12.2. The van der Waals surface area contributed by atoms with Crippen LogP contribution in [0.15, 0.2) is 77.7 Å². The molecular formula is C26H22ClNO4S2. The number of thiocarbonyl (C=S) groups is 1. The monoisotopic (exact) mass is 511 g/mol. The Bertz CT molecular complexity index is 1220. The van der Waals surface area contributed by atoms with Gasteiger partial charge in [0.2, 0.25) is 0 Å². The van der Waals surface area contributed by atoms with Crippen molar-refractivity contribution in [2.45, 2.75) is 6.42 Å². The summed E-state index contributed by atoms with van der Waals surface area (Å²) in [7, 11) is 1.58. The van der Waals surface area contributed by atoms with E-state index >= 15 is 0 Å². The van der Waals surface area contributed by atoms with Crippen molar-refractivity contribution in [2.24, 2.45) is 0 Å². The van der Waals surface area contributed by atoms with Crippen molar-refractivity contribution in [3.05, 3.63) is 88.3 Å². The highest BCUT2D eigenvalue weighted by Gasteiger charge is 2.33. The van der Waals surface area contributed by atoms with Crippen LogP contribution in [-0.4, -0.2) is 30.6 Å². The summed E-state index contributed by atoms with van der Waals surface area (Å²) in [6.07, 6.45) is 2.43. The van der Waals surface area contributed by atoms with E-state index in [2.05, 4.69) is 0 Å². The van der Waals surface area contributed by atoms with Gasteiger partial charge in [-0.25, -0.2) is 0 Å². The van der Waals surface area contributed by atoms with Gasteiger partial charge in [0.1, 0.15) is 5.75 Å². The van der Waals surface area contributed by atoms with E-state index in [4.69, 9.17) is 38.0 Å². The molecule has 0 atom stereocenters. The van der Waals surface area contributed by atoms with Gasteiger partial charge in [0.05, 0.1) is 35.9 Å². The molecule has 3 aromatic rings. The number of rotatable bonds is 9. The summed E-state index contributed by atoms with van der Waals surface area (Å²) < 4.78 is 17.8. The predicted molar refractivity (Wildman–Crippen MR) is 142 cm³/mol. The van der Waals surface area contributed by atoms with Gasteiger partial charge >= 0.3 is 0 Å². The molecule has 0 aromatic heterocycles. The first-order valence-electron chi connectivity index (χ1n) is 10.6. The van der Waals surface area contributed by atoms with E-state index in [9.17, 15) is 4.79 Å². The molecule has 0 bridgehead atoms. The molecule has 174 valence electrons. The van der Waals surface area contributed by atoms with Crippen molar-refractivity contribution in [1.82, 2.24) is 0 Å². The molecule has 5 nitrogen and oxygen atoms in total. The van der Waals surface area contributed by atoms with Crippen LogP contribution in [0.2, 0.25) is 5.02 Å². The van der Waals surface area contributed by atoms with Gasteiger partial charge in [-0.15, -0.1) is 0 Å². The summed E-state index contributed by atoms with van der Waals surface area (Å²) in [5.41, 5.74) is 1.48. The topological polar surface area (TPSA) is 48.0 Å². The van der Waals surface area contributed by atoms with Crippen LogP contribution >= 0.6 is 35.6 Å². The maximum atomic E-state index is 13.1. The van der Waals surface area contributed by atoms with Gasteiger partial charge in [0, 0.05) is 12.0 Å². The summed E-state index contributed by atoms with van der Waals surface area (Å²) in [5, 5.41) is 0.572. The quantitative estimate of drug-likeness (QED) is 0.183. The number of anilines is 1. The molecule has 3 aromatic carbocycles. The van der Waals surface area contributed by atoms with Gasteiger partial charge < -0.3 is 14.2 Å². The third-order valence-corrected chi connectivity index (χ3v) is 6.57. The number of thioether (sulfide) groups is 1. The number of carbonyl (C=O) groups excluding carboxylic acids is 1. The molecule has 0 radical (unpaired) electrons. The van der Waals surface area contributed by atoms with Crippen LogP contribution < -0.4 is 19.1 Å². The van der Waals surface area contributed by atoms with Crippen LogP contribution in [0, 0.1) is 0 Å². The highest BCUT2D eigenvalue weighted by molar-refractivity contribution is 8.27. The molecule has 0 unspecified atom stereocenters. The minimum Gasteiger partial charge on any atom is -0.493 e. The number of halogens is 1. The van der Waals surface area contributed by atoms with E-state index < -0.39 is 0 Å². The molecule has 8 heteroatoms. The van der Waals surface area contributed by atoms with E-state index in [0.29, 0.717) is 51.1 Å². The zero-order valence-corrected chi connectivity index (χ0v) is 20.8. The van der Waals surface area contributed by atoms with Gasteiger partial charge in [0.25, 0.3) is 5.91 Å². The number of ether oxygens (including phenoxy) is 3. The van der Waals surface area contributed by atoms with Crippen molar-refractivity contribution in [3.8, 4) is 17.2 Å². The van der Waals surface area contributed by atoms with Gasteiger partial charge in [0.15, 0.2) is 15.8 Å². The number of methoxy groups -OCH3 is 1. The maximum absolute atomic E-state index is 13.1. The molecule has 1 saturated heterocycles. The summed E-state index contributed by atoms with van der Waals surface area (Å²) in [6.45, 7) is 0.848. The Morgan fingerprint density at radius 2 is 1.65 bits per heavy atom. The SMILES string of the molecule is COc1cccc(/C=C2\SC(=S)N(c3ccccc3)C2=O)c1OCCCOc1ccccc1Cl. The lowest BCUT2D eigenvalue weighted by molar-refractivity contribution is -0.113. The summed E-state index contributed by atoms with van der Waals surface area (Å²) >= 11 is 12.9. The number of nitrogens with zero attached hydrogens (tertiary/aromatic N) is 1. The smallest absolute Gasteiger partial charge is 0.270 e. The summed E-state index contributed by atoms with van der Waals surface area (Å²) in [6, 6.07) is 22.3. The number of carbonyl (C=O) groups is 1. The highest BCUT2D eigenvalue weighted by atomic mass is 35.5. The van der Waals surface area contributed by atoms with Gasteiger partial charge in [-0.3, -0.25) is 9.69 Å². The van der Waals surface area contributed by atoms with Crippen molar-refractivity contribution < 1.29 is 19.0 Å². The van der Waals surface area contributed by atoms with Crippen molar-refractivity contribution in [3.63, 3.8) is 0 Å². The number of benzene rings is 3. The predicted octanol–water partition coefficient (Wildman–Crippen LogP) is 6.60. The molecule has 0 saturated carbocycles. The molecule has 34 heavy (non-hydrogen) atoms. The van der Waals surface area contributed by atoms with E-state index in [1.807, 2.05) is 66.7 Å². The average molecular weight is 512 g/mol. The Morgan fingerprint density at radius 1 is 0.941 bits per heavy atom. The maximum Gasteiger partial charge on any atom is 0.270 e. The highest BCUT2D eigenvalue weighted by Crippen LogP contribution is 2.39. The third-order valence-electron chi connectivity index (χ3n) is 4.95. The van der Waals surface area contributed by atoms with Gasteiger partial charge in [-0.05, 0) is 36.4 Å². The van der Waals surface area contributed by atoms with Crippen LogP contribution in [0.3, 0.4) is 0 Å². The summed E-state index contributed by atoms with van der Waals surface area (Å²) in [5.74, 6) is 1.62. The Balaban J connectivity index is 1.46. The standard InChI is InChI=1S/C26H22ClNO4S2/c1-30-22-14-7-9-18(24(22)32-16-8-15-31-21-13-6-5-12-20(21)27)17-23-25(29)28(26(33)34-23)19-10-3-2-4-11-19/h2-7,9-14,17H,8,15-16H2,1H3/b23-17-. The van der Waals surface area contributed by atoms with Crippen LogP contribution in [0.4, 0.5) is 5.69 Å². The minimum atomic E-state index is -0.164. The molecule has 1 heterocycles. The zero-order valence-electron chi connectivity index (χ0n) is 18.4. The van der Waals surface area contributed by atoms with E-state index in [-0.39, 0.29) is 5.91 Å². The molecule has 0 aliphatic carbocycles.